The van der Waals surface area contributed by atoms with Crippen molar-refractivity contribution >= 4 is 51.2 Å². The average Bonchev–Trinajstić information content (AvgIpc) is 3.46. The molecule has 3 heterocycles. The van der Waals surface area contributed by atoms with E-state index in [4.69, 9.17) is 5.73 Å². The number of hydrogen-bond acceptors (Lipinski definition) is 8. The lowest BCUT2D eigenvalue weighted by Crippen LogP contribution is -2.14. The summed E-state index contributed by atoms with van der Waals surface area (Å²) in [6.45, 7) is 0.454. The Kier molecular flexibility index (Phi) is 6.23. The van der Waals surface area contributed by atoms with Crippen LogP contribution in [-0.4, -0.2) is 25.7 Å². The fourth-order valence-corrected chi connectivity index (χ4v) is 5.03. The summed E-state index contributed by atoms with van der Waals surface area (Å²) in [7, 11) is 0. The molecule has 0 fully saturated rings. The van der Waals surface area contributed by atoms with E-state index in [2.05, 4.69) is 20.5 Å². The lowest BCUT2D eigenvalue weighted by Gasteiger charge is -2.07. The number of anilines is 2. The largest absolute Gasteiger partial charge is 0.370 e. The molecule has 3 aromatic heterocycles. The van der Waals surface area contributed by atoms with Gasteiger partial charge < -0.3 is 15.6 Å². The normalized spacial score (nSPS) is 10.9. The highest BCUT2D eigenvalue weighted by Gasteiger charge is 2.16. The van der Waals surface area contributed by atoms with Crippen LogP contribution in [0.3, 0.4) is 0 Å². The van der Waals surface area contributed by atoms with Crippen molar-refractivity contribution in [3.63, 3.8) is 0 Å². The minimum atomic E-state index is -0.345. The maximum absolute atomic E-state index is 11.3. The van der Waals surface area contributed by atoms with Crippen LogP contribution in [0.5, 0.6) is 0 Å². The van der Waals surface area contributed by atoms with Crippen molar-refractivity contribution in [1.82, 2.24) is 19.7 Å². The van der Waals surface area contributed by atoms with Gasteiger partial charge in [0, 0.05) is 29.8 Å². The minimum absolute atomic E-state index is 0.242. The summed E-state index contributed by atoms with van der Waals surface area (Å²) in [5.74, 6) is 1.07. The number of thiophene rings is 1. The minimum Gasteiger partial charge on any atom is -0.370 e. The molecule has 1 aromatic carbocycles. The van der Waals surface area contributed by atoms with Crippen LogP contribution in [0.1, 0.15) is 12.1 Å². The van der Waals surface area contributed by atoms with Crippen molar-refractivity contribution in [2.45, 2.75) is 23.9 Å². The summed E-state index contributed by atoms with van der Waals surface area (Å²) in [5.41, 5.74) is 7.31. The second kappa shape index (κ2) is 9.21. The molecule has 7 nitrogen and oxygen atoms in total. The molecule has 0 spiro atoms. The molecule has 0 saturated heterocycles. The van der Waals surface area contributed by atoms with Crippen LogP contribution in [0.25, 0.3) is 10.7 Å². The summed E-state index contributed by atoms with van der Waals surface area (Å²) in [6.07, 6.45) is 0.242. The van der Waals surface area contributed by atoms with Gasteiger partial charge in [-0.05, 0) is 23.6 Å². The van der Waals surface area contributed by atoms with E-state index in [1.807, 2.05) is 57.8 Å². The third kappa shape index (κ3) is 5.03. The van der Waals surface area contributed by atoms with Gasteiger partial charge in [0.1, 0.15) is 0 Å². The van der Waals surface area contributed by atoms with Gasteiger partial charge in [0.05, 0.1) is 10.6 Å². The van der Waals surface area contributed by atoms with Gasteiger partial charge >= 0.3 is 0 Å². The van der Waals surface area contributed by atoms with Gasteiger partial charge in [-0.1, -0.05) is 36.0 Å². The summed E-state index contributed by atoms with van der Waals surface area (Å²) in [6, 6.07) is 13.9. The third-order valence-corrected chi connectivity index (χ3v) is 6.64. The first-order valence-electron chi connectivity index (χ1n) is 8.83. The maximum Gasteiger partial charge on any atom is 0.219 e. The number of hydrogen-bond donors (Lipinski definition) is 2. The molecule has 1 amide bonds. The number of para-hydroxylation sites is 1. The van der Waals surface area contributed by atoms with E-state index >= 15 is 0 Å². The molecule has 10 heteroatoms. The lowest BCUT2D eigenvalue weighted by molar-refractivity contribution is -0.118. The Balaban J connectivity index is 1.46. The number of nitrogens with one attached hydrogen (secondary N) is 1. The molecular weight excluding hydrogens is 424 g/mol. The SMILES string of the molecule is NC(=O)CCn1c(SCc2csc(Nc3ccccc3)n2)nnc1-c1cccs1. The zero-order valence-electron chi connectivity index (χ0n) is 15.3. The molecule has 0 aliphatic carbocycles. The predicted molar refractivity (Wildman–Crippen MR) is 119 cm³/mol. The van der Waals surface area contributed by atoms with Gasteiger partial charge in [-0.3, -0.25) is 4.79 Å². The van der Waals surface area contributed by atoms with Gasteiger partial charge in [-0.25, -0.2) is 4.98 Å². The van der Waals surface area contributed by atoms with Crippen LogP contribution in [0.15, 0.2) is 58.4 Å². The quantitative estimate of drug-likeness (QED) is 0.373. The maximum atomic E-state index is 11.3. The van der Waals surface area contributed by atoms with Crippen molar-refractivity contribution < 1.29 is 4.79 Å². The molecule has 0 saturated carbocycles. The number of carbonyl (C=O) groups is 1. The third-order valence-electron chi connectivity index (χ3n) is 3.97. The molecule has 0 aliphatic rings. The Bertz CT molecular complexity index is 1070. The van der Waals surface area contributed by atoms with E-state index < -0.39 is 0 Å². The number of carbonyl (C=O) groups excluding carboxylic acids is 1. The molecule has 0 radical (unpaired) electrons. The summed E-state index contributed by atoms with van der Waals surface area (Å²) < 4.78 is 1.96. The standard InChI is InChI=1S/C19H18N6OS3/c20-16(26)8-9-25-17(15-7-4-10-27-15)23-24-19(25)29-12-14-11-28-18(22-14)21-13-5-2-1-3-6-13/h1-7,10-11H,8-9,12H2,(H2,20,26)(H,21,22). The van der Waals surface area contributed by atoms with E-state index in [1.165, 1.54) is 0 Å². The second-order valence-corrected chi connectivity index (χ2v) is 8.82. The fourth-order valence-electron chi connectivity index (χ4n) is 2.62. The molecule has 0 aliphatic heterocycles. The Morgan fingerprint density at radius 1 is 1.14 bits per heavy atom. The van der Waals surface area contributed by atoms with Crippen molar-refractivity contribution in [2.75, 3.05) is 5.32 Å². The average molecular weight is 443 g/mol. The first-order chi connectivity index (χ1) is 14.2. The zero-order valence-corrected chi connectivity index (χ0v) is 17.8. The second-order valence-electron chi connectivity index (χ2n) is 6.08. The van der Waals surface area contributed by atoms with Crippen molar-refractivity contribution in [1.29, 1.82) is 0 Å². The van der Waals surface area contributed by atoms with E-state index in [1.54, 1.807) is 34.4 Å². The van der Waals surface area contributed by atoms with Crippen LogP contribution in [0, 0.1) is 0 Å². The van der Waals surface area contributed by atoms with Gasteiger partial charge in [-0.15, -0.1) is 32.9 Å². The molecule has 0 unspecified atom stereocenters. The summed E-state index contributed by atoms with van der Waals surface area (Å²) in [5, 5.41) is 17.6. The Labute approximate surface area is 180 Å². The van der Waals surface area contributed by atoms with Crippen molar-refractivity contribution in [3.05, 3.63) is 58.9 Å². The number of benzene rings is 1. The van der Waals surface area contributed by atoms with E-state index in [0.717, 1.165) is 32.4 Å². The number of thioether (sulfide) groups is 1. The molecular formula is C19H18N6OS3. The lowest BCUT2D eigenvalue weighted by atomic mass is 10.3. The molecule has 0 atom stereocenters. The highest BCUT2D eigenvalue weighted by Crippen LogP contribution is 2.30. The van der Waals surface area contributed by atoms with Crippen LogP contribution in [-0.2, 0) is 17.1 Å². The van der Waals surface area contributed by atoms with E-state index in [0.29, 0.717) is 12.3 Å². The molecule has 3 N–H and O–H groups in total. The number of amides is 1. The monoisotopic (exact) mass is 442 g/mol. The highest BCUT2D eigenvalue weighted by atomic mass is 32.2. The van der Waals surface area contributed by atoms with Crippen molar-refractivity contribution in [2.24, 2.45) is 5.73 Å². The number of thiazole rings is 1. The predicted octanol–water partition coefficient (Wildman–Crippen LogP) is 4.37. The Morgan fingerprint density at radius 3 is 2.76 bits per heavy atom. The topological polar surface area (TPSA) is 98.7 Å². The van der Waals surface area contributed by atoms with Gasteiger partial charge in [0.15, 0.2) is 16.1 Å². The summed E-state index contributed by atoms with van der Waals surface area (Å²) in [4.78, 5) is 16.9. The fraction of sp³-hybridized carbons (Fsp3) is 0.158. The number of rotatable bonds is 9. The van der Waals surface area contributed by atoms with Gasteiger partial charge in [-0.2, -0.15) is 0 Å². The van der Waals surface area contributed by atoms with Crippen LogP contribution in [0.4, 0.5) is 10.8 Å². The van der Waals surface area contributed by atoms with Crippen molar-refractivity contribution in [3.8, 4) is 10.7 Å². The van der Waals surface area contributed by atoms with Crippen LogP contribution < -0.4 is 11.1 Å². The van der Waals surface area contributed by atoms with E-state index in [9.17, 15) is 4.79 Å². The Hall–Kier alpha value is -2.69. The molecule has 4 rings (SSSR count). The van der Waals surface area contributed by atoms with Crippen LogP contribution in [0.2, 0.25) is 0 Å². The molecule has 4 aromatic rings. The first-order valence-corrected chi connectivity index (χ1v) is 11.6. The summed E-state index contributed by atoms with van der Waals surface area (Å²) >= 11 is 4.70. The van der Waals surface area contributed by atoms with Gasteiger partial charge in [0.2, 0.25) is 5.91 Å². The Morgan fingerprint density at radius 2 is 2.00 bits per heavy atom. The molecule has 0 bridgehead atoms. The number of nitrogens with zero attached hydrogens (tertiary/aromatic N) is 4. The van der Waals surface area contributed by atoms with E-state index in [-0.39, 0.29) is 12.3 Å². The molecule has 29 heavy (non-hydrogen) atoms. The number of nitrogens with two attached hydrogens (primary N) is 1. The number of primary amides is 1. The molecule has 148 valence electrons. The van der Waals surface area contributed by atoms with Gasteiger partial charge in [0.25, 0.3) is 0 Å². The highest BCUT2D eigenvalue weighted by molar-refractivity contribution is 7.98. The smallest absolute Gasteiger partial charge is 0.219 e. The first kappa shape index (κ1) is 19.6. The zero-order chi connectivity index (χ0) is 20.1. The van der Waals surface area contributed by atoms with Crippen LogP contribution >= 0.6 is 34.4 Å². The number of aromatic nitrogens is 4.